The molecule has 0 N–H and O–H groups in total. The Kier molecular flexibility index (Phi) is 6.28. The van der Waals surface area contributed by atoms with Gasteiger partial charge in [0.05, 0.1) is 25.4 Å². The third-order valence-corrected chi connectivity index (χ3v) is 5.81. The fourth-order valence-electron chi connectivity index (χ4n) is 4.07. The molecule has 2 heterocycles. The Balaban J connectivity index is 1.22. The van der Waals surface area contributed by atoms with Crippen LogP contribution in [-0.4, -0.2) is 62.7 Å². The van der Waals surface area contributed by atoms with E-state index in [-0.39, 0.29) is 35.2 Å². The number of ether oxygens (including phenoxy) is 5. The Bertz CT molecular complexity index is 1090. The molecule has 0 amide bonds. The highest BCUT2D eigenvalue weighted by atomic mass is 16.7. The van der Waals surface area contributed by atoms with Crippen molar-refractivity contribution in [2.45, 2.75) is 12.8 Å². The molecule has 33 heavy (non-hydrogen) atoms. The highest BCUT2D eigenvalue weighted by Crippen LogP contribution is 2.37. The summed E-state index contributed by atoms with van der Waals surface area (Å²) in [6.07, 6.45) is 3.08. The lowest BCUT2D eigenvalue weighted by atomic mass is 9.92. The van der Waals surface area contributed by atoms with Gasteiger partial charge in [-0.1, -0.05) is 6.07 Å². The highest BCUT2D eigenvalue weighted by molar-refractivity contribution is 6.24. The summed E-state index contributed by atoms with van der Waals surface area (Å²) in [5, 5.41) is 0. The Morgan fingerprint density at radius 2 is 1.82 bits per heavy atom. The minimum absolute atomic E-state index is 0.0333. The topological polar surface area (TPSA) is 83.5 Å². The molecule has 0 saturated carbocycles. The number of Topliss-reactive ketones (excluding diaryl/α,β-unsaturated/α-hetero) is 1. The lowest BCUT2D eigenvalue weighted by molar-refractivity contribution is 0.0368. The summed E-state index contributed by atoms with van der Waals surface area (Å²) in [6.45, 7) is 5.13. The molecule has 8 nitrogen and oxygen atoms in total. The van der Waals surface area contributed by atoms with Gasteiger partial charge in [0, 0.05) is 30.8 Å². The van der Waals surface area contributed by atoms with Crippen molar-refractivity contribution in [1.82, 2.24) is 4.90 Å². The molecule has 2 aliphatic heterocycles. The lowest BCUT2D eigenvalue weighted by Gasteiger charge is -2.26. The average molecular weight is 451 g/mol. The quantitative estimate of drug-likeness (QED) is 0.566. The van der Waals surface area contributed by atoms with Crippen molar-refractivity contribution in [1.29, 1.82) is 0 Å². The van der Waals surface area contributed by atoms with Gasteiger partial charge >= 0.3 is 0 Å². The number of nitrogens with zero attached hydrogens (tertiary/aromatic N) is 1. The van der Waals surface area contributed by atoms with Gasteiger partial charge in [0.15, 0.2) is 23.0 Å². The molecule has 2 aromatic rings. The van der Waals surface area contributed by atoms with E-state index in [0.29, 0.717) is 29.6 Å². The summed E-state index contributed by atoms with van der Waals surface area (Å²) in [5.41, 5.74) is 0.567. The zero-order chi connectivity index (χ0) is 22.6. The number of ketones is 2. The molecule has 0 bridgehead atoms. The number of unbranched alkanes of at least 4 members (excludes halogenated alkanes) is 1. The summed E-state index contributed by atoms with van der Waals surface area (Å²) in [5.74, 6) is 1.25. The van der Waals surface area contributed by atoms with Crippen molar-refractivity contribution in [2.75, 3.05) is 46.2 Å². The molecular weight excluding hydrogens is 426 g/mol. The van der Waals surface area contributed by atoms with E-state index in [2.05, 4.69) is 4.90 Å². The summed E-state index contributed by atoms with van der Waals surface area (Å²) in [6, 6.07) is 10.1. The molecule has 0 unspecified atom stereocenters. The molecule has 1 saturated heterocycles. The van der Waals surface area contributed by atoms with Crippen molar-refractivity contribution < 1.29 is 33.3 Å². The number of benzene rings is 2. The maximum absolute atomic E-state index is 13.0. The molecule has 3 aliphatic rings. The second-order valence-corrected chi connectivity index (χ2v) is 8.01. The van der Waals surface area contributed by atoms with E-state index in [0.717, 1.165) is 45.7 Å². The first-order valence-electron chi connectivity index (χ1n) is 11.1. The zero-order valence-corrected chi connectivity index (χ0v) is 18.2. The minimum Gasteiger partial charge on any atom is -0.493 e. The van der Waals surface area contributed by atoms with E-state index in [9.17, 15) is 9.59 Å². The molecule has 5 rings (SSSR count). The van der Waals surface area contributed by atoms with Crippen molar-refractivity contribution >= 4 is 11.6 Å². The van der Waals surface area contributed by atoms with Gasteiger partial charge in [-0.2, -0.15) is 0 Å². The third kappa shape index (κ3) is 4.72. The summed E-state index contributed by atoms with van der Waals surface area (Å²) in [4.78, 5) is 28.3. The van der Waals surface area contributed by atoms with Crippen molar-refractivity contribution in [3.63, 3.8) is 0 Å². The van der Waals surface area contributed by atoms with Crippen molar-refractivity contribution in [2.24, 2.45) is 0 Å². The molecule has 8 heteroatoms. The fraction of sp³-hybridized carbons (Fsp3) is 0.360. The van der Waals surface area contributed by atoms with Crippen LogP contribution in [0.5, 0.6) is 23.0 Å². The van der Waals surface area contributed by atoms with Gasteiger partial charge in [0.2, 0.25) is 12.6 Å². The zero-order valence-electron chi connectivity index (χ0n) is 18.2. The highest BCUT2D eigenvalue weighted by Gasteiger charge is 2.30. The Morgan fingerprint density at radius 1 is 0.970 bits per heavy atom. The van der Waals surface area contributed by atoms with E-state index in [1.165, 1.54) is 6.08 Å². The fourth-order valence-corrected chi connectivity index (χ4v) is 4.07. The lowest BCUT2D eigenvalue weighted by Crippen LogP contribution is -2.36. The maximum atomic E-state index is 13.0. The van der Waals surface area contributed by atoms with Gasteiger partial charge in [-0.05, 0) is 43.7 Å². The van der Waals surface area contributed by atoms with Crippen LogP contribution in [0.1, 0.15) is 33.6 Å². The number of rotatable bonds is 8. The molecule has 2 aromatic carbocycles. The van der Waals surface area contributed by atoms with Gasteiger partial charge in [-0.3, -0.25) is 14.5 Å². The van der Waals surface area contributed by atoms with Gasteiger partial charge in [-0.25, -0.2) is 0 Å². The van der Waals surface area contributed by atoms with E-state index >= 15 is 0 Å². The van der Waals surface area contributed by atoms with Crippen LogP contribution in [0.4, 0.5) is 0 Å². The number of hydrogen-bond acceptors (Lipinski definition) is 8. The number of carbonyl (C=O) groups is 2. The predicted molar refractivity (Wildman–Crippen MR) is 118 cm³/mol. The molecule has 1 fully saturated rings. The van der Waals surface area contributed by atoms with Crippen LogP contribution in [0.25, 0.3) is 0 Å². The number of morpholine rings is 1. The van der Waals surface area contributed by atoms with E-state index in [4.69, 9.17) is 23.7 Å². The summed E-state index contributed by atoms with van der Waals surface area (Å²) >= 11 is 0. The molecule has 172 valence electrons. The van der Waals surface area contributed by atoms with Crippen LogP contribution in [0.2, 0.25) is 0 Å². The molecule has 0 aromatic heterocycles. The Hall–Kier alpha value is -3.36. The van der Waals surface area contributed by atoms with Gasteiger partial charge < -0.3 is 23.7 Å². The molecule has 0 atom stereocenters. The normalized spacial score (nSPS) is 17.5. The van der Waals surface area contributed by atoms with Gasteiger partial charge in [0.25, 0.3) is 0 Å². The van der Waals surface area contributed by atoms with Gasteiger partial charge in [0.1, 0.15) is 11.5 Å². The van der Waals surface area contributed by atoms with Crippen LogP contribution in [-0.2, 0) is 4.74 Å². The Morgan fingerprint density at radius 3 is 2.70 bits per heavy atom. The monoisotopic (exact) mass is 451 g/mol. The summed E-state index contributed by atoms with van der Waals surface area (Å²) < 4.78 is 27.6. The second-order valence-electron chi connectivity index (χ2n) is 8.01. The van der Waals surface area contributed by atoms with Crippen LogP contribution in [0, 0.1) is 0 Å². The molecule has 0 spiro atoms. The Labute approximate surface area is 191 Å². The van der Waals surface area contributed by atoms with E-state index < -0.39 is 0 Å². The molecule has 0 radical (unpaired) electrons. The van der Waals surface area contributed by atoms with Crippen LogP contribution in [0.15, 0.2) is 48.2 Å². The second kappa shape index (κ2) is 9.64. The maximum Gasteiger partial charge on any atom is 0.231 e. The number of fused-ring (bicyclic) bond motifs is 2. The number of hydrogen-bond donors (Lipinski definition) is 0. The minimum atomic E-state index is -0.361. The third-order valence-electron chi connectivity index (χ3n) is 5.81. The first-order valence-corrected chi connectivity index (χ1v) is 11.1. The van der Waals surface area contributed by atoms with Crippen LogP contribution in [0.3, 0.4) is 0 Å². The molecule has 1 aliphatic carbocycles. The summed E-state index contributed by atoms with van der Waals surface area (Å²) in [7, 11) is 0. The molecular formula is C25H25NO7. The first-order chi connectivity index (χ1) is 16.2. The van der Waals surface area contributed by atoms with Gasteiger partial charge in [-0.15, -0.1) is 0 Å². The van der Waals surface area contributed by atoms with Crippen LogP contribution >= 0.6 is 0 Å². The standard InChI is InChI=1S/C25H25NO7/c27-19-15-23(33-17-6-7-20-22(14-17)32-16-31-20)25(28)18-4-3-5-21(24(18)19)30-11-2-1-8-26-9-12-29-13-10-26/h3-7,14-15H,1-2,8-13,16H2. The van der Waals surface area contributed by atoms with E-state index in [1.54, 1.807) is 36.4 Å². The average Bonchev–Trinajstić information content (AvgIpc) is 3.31. The number of carbonyl (C=O) groups excluding carboxylic acids is 2. The van der Waals surface area contributed by atoms with Crippen molar-refractivity contribution in [3.05, 3.63) is 59.4 Å². The predicted octanol–water partition coefficient (Wildman–Crippen LogP) is 3.25. The SMILES string of the molecule is O=C1C(Oc2ccc3c(c2)OCO3)=CC(=O)c2c(OCCCCN3CCOCC3)cccc21. The first kappa shape index (κ1) is 21.5. The largest absolute Gasteiger partial charge is 0.493 e. The van der Waals surface area contributed by atoms with Crippen LogP contribution < -0.4 is 18.9 Å². The number of allylic oxidation sites excluding steroid dienone is 2. The van der Waals surface area contributed by atoms with E-state index in [1.807, 2.05) is 0 Å². The van der Waals surface area contributed by atoms with Crippen molar-refractivity contribution in [3.8, 4) is 23.0 Å². The smallest absolute Gasteiger partial charge is 0.231 e.